The molecule has 17 heavy (non-hydrogen) atoms. The Kier molecular flexibility index (Phi) is 4.05. The van der Waals surface area contributed by atoms with E-state index >= 15 is 0 Å². The summed E-state index contributed by atoms with van der Waals surface area (Å²) < 4.78 is 25.9. The number of halogens is 3. The lowest BCUT2D eigenvalue weighted by molar-refractivity contribution is 0.478. The molecule has 3 nitrogen and oxygen atoms in total. The second-order valence-corrected chi connectivity index (χ2v) is 7.87. The lowest BCUT2D eigenvalue weighted by Gasteiger charge is -2.16. The number of hydrogen-bond donors (Lipinski definition) is 0. The number of alkyl halides is 1. The maximum Gasteiger partial charge on any atom is 0.243 e. The minimum Gasteiger partial charge on any atom is -0.207 e. The van der Waals surface area contributed by atoms with Crippen LogP contribution < -0.4 is 0 Å². The zero-order chi connectivity index (χ0) is 12.6. The lowest BCUT2D eigenvalue weighted by atomic mass is 10.4. The maximum atomic E-state index is 12.2. The van der Waals surface area contributed by atoms with Gasteiger partial charge in [0, 0.05) is 17.9 Å². The second kappa shape index (κ2) is 5.05. The molecule has 1 fully saturated rings. The number of hydrogen-bond acceptors (Lipinski definition) is 2. The lowest BCUT2D eigenvalue weighted by Crippen LogP contribution is -2.28. The van der Waals surface area contributed by atoms with Crippen LogP contribution in [0.4, 0.5) is 0 Å². The highest BCUT2D eigenvalue weighted by Gasteiger charge is 2.31. The Morgan fingerprint density at radius 1 is 1.29 bits per heavy atom. The van der Waals surface area contributed by atoms with Crippen LogP contribution >= 0.6 is 39.1 Å². The molecule has 0 aliphatic carbocycles. The Hall–Kier alpha value is 0.190. The number of rotatable bonds is 2. The van der Waals surface area contributed by atoms with Crippen molar-refractivity contribution in [2.45, 2.75) is 16.1 Å². The van der Waals surface area contributed by atoms with Crippen molar-refractivity contribution in [1.82, 2.24) is 4.31 Å². The molecular weight excluding hydrogens is 349 g/mol. The molecule has 1 aromatic rings. The van der Waals surface area contributed by atoms with Gasteiger partial charge in [0.2, 0.25) is 10.0 Å². The van der Waals surface area contributed by atoms with Crippen molar-refractivity contribution < 1.29 is 8.42 Å². The summed E-state index contributed by atoms with van der Waals surface area (Å²) in [4.78, 5) is 0.411. The normalized spacial score (nSPS) is 21.9. The van der Waals surface area contributed by atoms with Gasteiger partial charge in [-0.05, 0) is 24.6 Å². The van der Waals surface area contributed by atoms with E-state index in [1.165, 1.54) is 22.5 Å². The largest absolute Gasteiger partial charge is 0.243 e. The number of benzene rings is 1. The van der Waals surface area contributed by atoms with E-state index in [1.54, 1.807) is 0 Å². The highest BCUT2D eigenvalue weighted by atomic mass is 79.9. The van der Waals surface area contributed by atoms with Gasteiger partial charge in [0.1, 0.15) is 0 Å². The topological polar surface area (TPSA) is 37.4 Å². The quantitative estimate of drug-likeness (QED) is 0.761. The zero-order valence-electron chi connectivity index (χ0n) is 8.74. The summed E-state index contributed by atoms with van der Waals surface area (Å²) in [5, 5.41) is 0.604. The van der Waals surface area contributed by atoms with Gasteiger partial charge in [0.25, 0.3) is 0 Å². The SMILES string of the molecule is O=S(=O)(c1ccc(Cl)c(Cl)c1)N1CCC(Br)C1. The molecule has 1 saturated heterocycles. The molecule has 0 spiro atoms. The molecule has 0 aromatic heterocycles. The van der Waals surface area contributed by atoms with Crippen molar-refractivity contribution >= 4 is 49.2 Å². The molecule has 94 valence electrons. The molecule has 0 bridgehead atoms. The van der Waals surface area contributed by atoms with E-state index in [2.05, 4.69) is 15.9 Å². The monoisotopic (exact) mass is 357 g/mol. The van der Waals surface area contributed by atoms with E-state index in [-0.39, 0.29) is 14.7 Å². The minimum atomic E-state index is -3.45. The van der Waals surface area contributed by atoms with Crippen LogP contribution in [0.15, 0.2) is 23.1 Å². The first kappa shape index (κ1) is 13.6. The van der Waals surface area contributed by atoms with E-state index in [4.69, 9.17) is 23.2 Å². The molecule has 0 saturated carbocycles. The Labute approximate surface area is 119 Å². The first-order valence-corrected chi connectivity index (χ1v) is 8.11. The van der Waals surface area contributed by atoms with E-state index < -0.39 is 10.0 Å². The van der Waals surface area contributed by atoms with Gasteiger partial charge in [-0.25, -0.2) is 8.42 Å². The fourth-order valence-electron chi connectivity index (χ4n) is 1.69. The van der Waals surface area contributed by atoms with Crippen LogP contribution in [0.5, 0.6) is 0 Å². The molecule has 1 heterocycles. The van der Waals surface area contributed by atoms with Crippen LogP contribution in [0.3, 0.4) is 0 Å². The Bertz CT molecular complexity index is 535. The van der Waals surface area contributed by atoms with E-state index in [0.717, 1.165) is 6.42 Å². The molecule has 0 N–H and O–H groups in total. The van der Waals surface area contributed by atoms with Gasteiger partial charge in [0.05, 0.1) is 14.9 Å². The summed E-state index contributed by atoms with van der Waals surface area (Å²) in [6.45, 7) is 1.01. The summed E-state index contributed by atoms with van der Waals surface area (Å²) in [5.41, 5.74) is 0. The highest BCUT2D eigenvalue weighted by molar-refractivity contribution is 9.09. The van der Waals surface area contributed by atoms with Crippen LogP contribution in [-0.2, 0) is 10.0 Å². The number of sulfonamides is 1. The average Bonchev–Trinajstić information content (AvgIpc) is 2.69. The highest BCUT2D eigenvalue weighted by Crippen LogP contribution is 2.29. The van der Waals surface area contributed by atoms with Gasteiger partial charge in [-0.15, -0.1) is 0 Å². The number of nitrogens with zero attached hydrogens (tertiary/aromatic N) is 1. The smallest absolute Gasteiger partial charge is 0.207 e. The fraction of sp³-hybridized carbons (Fsp3) is 0.400. The molecule has 2 rings (SSSR count). The molecule has 1 aliphatic rings. The van der Waals surface area contributed by atoms with Gasteiger partial charge in [-0.1, -0.05) is 39.1 Å². The molecule has 1 aliphatic heterocycles. The van der Waals surface area contributed by atoms with Crippen molar-refractivity contribution in [1.29, 1.82) is 0 Å². The third kappa shape index (κ3) is 2.79. The summed E-state index contributed by atoms with van der Waals surface area (Å²) in [6.07, 6.45) is 0.820. The third-order valence-electron chi connectivity index (χ3n) is 2.62. The summed E-state index contributed by atoms with van der Waals surface area (Å²) in [6, 6.07) is 4.37. The Balaban J connectivity index is 2.35. The average molecular weight is 359 g/mol. The Morgan fingerprint density at radius 2 is 2.00 bits per heavy atom. The van der Waals surface area contributed by atoms with E-state index in [0.29, 0.717) is 18.1 Å². The van der Waals surface area contributed by atoms with Crippen LogP contribution in [0.1, 0.15) is 6.42 Å². The van der Waals surface area contributed by atoms with E-state index in [9.17, 15) is 8.42 Å². The van der Waals surface area contributed by atoms with Crippen molar-refractivity contribution in [3.8, 4) is 0 Å². The third-order valence-corrected chi connectivity index (χ3v) is 5.97. The van der Waals surface area contributed by atoms with Crippen LogP contribution in [0.2, 0.25) is 10.0 Å². The first-order valence-electron chi connectivity index (χ1n) is 5.00. The Morgan fingerprint density at radius 3 is 2.53 bits per heavy atom. The minimum absolute atomic E-state index is 0.188. The van der Waals surface area contributed by atoms with Crippen molar-refractivity contribution in [3.05, 3.63) is 28.2 Å². The van der Waals surface area contributed by atoms with E-state index in [1.807, 2.05) is 0 Å². The zero-order valence-corrected chi connectivity index (χ0v) is 12.7. The predicted molar refractivity (Wildman–Crippen MR) is 72.6 cm³/mol. The summed E-state index contributed by atoms with van der Waals surface area (Å²) >= 11 is 15.0. The van der Waals surface area contributed by atoms with Crippen molar-refractivity contribution in [2.24, 2.45) is 0 Å². The predicted octanol–water partition coefficient (Wildman–Crippen LogP) is 3.15. The second-order valence-electron chi connectivity index (χ2n) is 3.82. The van der Waals surface area contributed by atoms with Crippen LogP contribution in [0.25, 0.3) is 0 Å². The van der Waals surface area contributed by atoms with Gasteiger partial charge in [-0.3, -0.25) is 0 Å². The molecule has 1 unspecified atom stereocenters. The van der Waals surface area contributed by atoms with Crippen LogP contribution in [0, 0.1) is 0 Å². The molecule has 7 heteroatoms. The van der Waals surface area contributed by atoms with Crippen molar-refractivity contribution in [3.63, 3.8) is 0 Å². The molecule has 1 atom stereocenters. The molecule has 0 radical (unpaired) electrons. The summed E-state index contributed by atoms with van der Waals surface area (Å²) in [5.74, 6) is 0. The maximum absolute atomic E-state index is 12.2. The van der Waals surface area contributed by atoms with Gasteiger partial charge in [0.15, 0.2) is 0 Å². The van der Waals surface area contributed by atoms with Crippen molar-refractivity contribution in [2.75, 3.05) is 13.1 Å². The standard InChI is InChI=1S/C10H10BrCl2NO2S/c11-7-3-4-14(6-7)17(15,16)8-1-2-9(12)10(13)5-8/h1-2,5,7H,3-4,6H2. The molecule has 0 amide bonds. The van der Waals surface area contributed by atoms with Gasteiger partial charge in [-0.2, -0.15) is 4.31 Å². The van der Waals surface area contributed by atoms with Crippen LogP contribution in [-0.4, -0.2) is 30.6 Å². The summed E-state index contributed by atoms with van der Waals surface area (Å²) in [7, 11) is -3.45. The van der Waals surface area contributed by atoms with Gasteiger partial charge < -0.3 is 0 Å². The first-order chi connectivity index (χ1) is 7.91. The molecular formula is C10H10BrCl2NO2S. The fourth-order valence-corrected chi connectivity index (χ4v) is 4.33. The molecule has 1 aromatic carbocycles. The van der Waals surface area contributed by atoms with Gasteiger partial charge >= 0.3 is 0 Å².